The van der Waals surface area contributed by atoms with Crippen LogP contribution < -0.4 is 10.1 Å². The molecule has 0 unspecified atom stereocenters. The molecule has 1 atom stereocenters. The second-order valence-corrected chi connectivity index (χ2v) is 4.65. The maximum atomic E-state index is 12.9. The van der Waals surface area contributed by atoms with E-state index in [0.29, 0.717) is 5.56 Å². The summed E-state index contributed by atoms with van der Waals surface area (Å²) in [6.07, 6.45) is 0. The van der Waals surface area contributed by atoms with Crippen molar-refractivity contribution in [3.8, 4) is 5.75 Å². The number of hydrogen-bond acceptors (Lipinski definition) is 2. The normalized spacial score (nSPS) is 12.0. The van der Waals surface area contributed by atoms with Gasteiger partial charge in [0.2, 0.25) is 0 Å². The van der Waals surface area contributed by atoms with Gasteiger partial charge in [-0.25, -0.2) is 4.39 Å². The molecule has 2 aromatic carbocycles. The van der Waals surface area contributed by atoms with Gasteiger partial charge in [-0.2, -0.15) is 8.78 Å². The zero-order chi connectivity index (χ0) is 16.1. The highest BCUT2D eigenvalue weighted by Gasteiger charge is 2.12. The Labute approximate surface area is 125 Å². The zero-order valence-corrected chi connectivity index (χ0v) is 11.7. The Bertz CT molecular complexity index is 627. The molecule has 0 aliphatic rings. The second-order valence-electron chi connectivity index (χ2n) is 4.65. The van der Waals surface area contributed by atoms with Crippen molar-refractivity contribution in [2.45, 2.75) is 19.6 Å². The van der Waals surface area contributed by atoms with Crippen LogP contribution in [0.4, 0.5) is 13.2 Å². The Balaban J connectivity index is 2.00. The Morgan fingerprint density at radius 1 is 1.05 bits per heavy atom. The fourth-order valence-electron chi connectivity index (χ4n) is 1.90. The number of benzene rings is 2. The van der Waals surface area contributed by atoms with Gasteiger partial charge in [-0.05, 0) is 48.9 Å². The van der Waals surface area contributed by atoms with Gasteiger partial charge in [-0.1, -0.05) is 12.1 Å². The summed E-state index contributed by atoms with van der Waals surface area (Å²) in [6.45, 7) is -1.14. The van der Waals surface area contributed by atoms with E-state index in [4.69, 9.17) is 0 Å². The minimum Gasteiger partial charge on any atom is -0.435 e. The van der Waals surface area contributed by atoms with Crippen molar-refractivity contribution in [3.63, 3.8) is 0 Å². The molecule has 22 heavy (non-hydrogen) atoms. The molecule has 0 bridgehead atoms. The fraction of sp³-hybridized carbons (Fsp3) is 0.188. The van der Waals surface area contributed by atoms with Crippen LogP contribution in [0.1, 0.15) is 28.9 Å². The van der Waals surface area contributed by atoms with Crippen molar-refractivity contribution in [1.82, 2.24) is 5.32 Å². The quantitative estimate of drug-likeness (QED) is 0.909. The predicted molar refractivity (Wildman–Crippen MR) is 75.4 cm³/mol. The smallest absolute Gasteiger partial charge is 0.387 e. The van der Waals surface area contributed by atoms with E-state index >= 15 is 0 Å². The molecule has 0 radical (unpaired) electrons. The second kappa shape index (κ2) is 6.98. The molecule has 0 aromatic heterocycles. The summed E-state index contributed by atoms with van der Waals surface area (Å²) in [5.74, 6) is -0.726. The minimum absolute atomic E-state index is 0.0156. The lowest BCUT2D eigenvalue weighted by Gasteiger charge is -2.14. The lowest BCUT2D eigenvalue weighted by molar-refractivity contribution is -0.0498. The molecule has 1 N–H and O–H groups in total. The Morgan fingerprint density at radius 3 is 2.18 bits per heavy atom. The number of hydrogen-bond donors (Lipinski definition) is 1. The topological polar surface area (TPSA) is 38.3 Å². The molecular weight excluding hydrogens is 295 g/mol. The van der Waals surface area contributed by atoms with Gasteiger partial charge in [0.05, 0.1) is 6.04 Å². The van der Waals surface area contributed by atoms with Crippen LogP contribution in [0.3, 0.4) is 0 Å². The van der Waals surface area contributed by atoms with Crippen LogP contribution in [-0.4, -0.2) is 12.5 Å². The Hall–Kier alpha value is -2.50. The van der Waals surface area contributed by atoms with Crippen LogP contribution in [0.2, 0.25) is 0 Å². The van der Waals surface area contributed by atoms with E-state index in [1.165, 1.54) is 36.4 Å². The molecule has 6 heteroatoms. The highest BCUT2D eigenvalue weighted by Crippen LogP contribution is 2.17. The molecule has 0 saturated heterocycles. The number of carbonyl (C=O) groups excluding carboxylic acids is 1. The highest BCUT2D eigenvalue weighted by atomic mass is 19.3. The maximum Gasteiger partial charge on any atom is 0.387 e. The van der Waals surface area contributed by atoms with Crippen molar-refractivity contribution in [2.24, 2.45) is 0 Å². The highest BCUT2D eigenvalue weighted by molar-refractivity contribution is 5.94. The average Bonchev–Trinajstić information content (AvgIpc) is 2.48. The predicted octanol–water partition coefficient (Wildman–Crippen LogP) is 3.92. The van der Waals surface area contributed by atoms with E-state index < -0.39 is 6.61 Å². The number of nitrogens with one attached hydrogen (secondary N) is 1. The summed E-state index contributed by atoms with van der Waals surface area (Å²) >= 11 is 0. The third-order valence-corrected chi connectivity index (χ3v) is 3.06. The van der Waals surface area contributed by atoms with Gasteiger partial charge in [-0.15, -0.1) is 0 Å². The molecule has 1 amide bonds. The van der Waals surface area contributed by atoms with Gasteiger partial charge in [0.15, 0.2) is 0 Å². The van der Waals surface area contributed by atoms with E-state index in [0.717, 1.165) is 5.56 Å². The van der Waals surface area contributed by atoms with E-state index in [1.54, 1.807) is 19.1 Å². The van der Waals surface area contributed by atoms with Crippen molar-refractivity contribution >= 4 is 5.91 Å². The molecule has 3 nitrogen and oxygen atoms in total. The Morgan fingerprint density at radius 2 is 1.64 bits per heavy atom. The summed E-state index contributed by atoms with van der Waals surface area (Å²) in [6, 6.07) is 10.9. The molecule has 0 fully saturated rings. The van der Waals surface area contributed by atoms with Gasteiger partial charge in [0.25, 0.3) is 5.91 Å². The lowest BCUT2D eigenvalue weighted by Crippen LogP contribution is -2.26. The van der Waals surface area contributed by atoms with Gasteiger partial charge in [0, 0.05) is 5.56 Å². The van der Waals surface area contributed by atoms with Crippen LogP contribution in [0, 0.1) is 5.82 Å². The Kier molecular flexibility index (Phi) is 5.04. The van der Waals surface area contributed by atoms with E-state index in [2.05, 4.69) is 10.1 Å². The summed E-state index contributed by atoms with van der Waals surface area (Å²) < 4.78 is 41.1. The molecular formula is C16H14F3NO2. The van der Waals surface area contributed by atoms with Crippen molar-refractivity contribution in [3.05, 3.63) is 65.5 Å². The molecule has 116 valence electrons. The zero-order valence-electron chi connectivity index (χ0n) is 11.7. The van der Waals surface area contributed by atoms with Gasteiger partial charge in [0.1, 0.15) is 11.6 Å². The molecule has 0 heterocycles. The standard InChI is InChI=1S/C16H14F3NO2/c1-10(11-2-6-13(17)7-3-11)20-15(21)12-4-8-14(9-5-12)22-16(18)19/h2-10,16H,1H3,(H,20,21)/t10-/m0/s1. The third-order valence-electron chi connectivity index (χ3n) is 3.06. The van der Waals surface area contributed by atoms with Crippen molar-refractivity contribution < 1.29 is 22.7 Å². The SMILES string of the molecule is C[C@H](NC(=O)c1ccc(OC(F)F)cc1)c1ccc(F)cc1. The fourth-order valence-corrected chi connectivity index (χ4v) is 1.90. The molecule has 0 spiro atoms. The van der Waals surface area contributed by atoms with Crippen LogP contribution >= 0.6 is 0 Å². The number of ether oxygens (including phenoxy) is 1. The van der Waals surface area contributed by atoms with E-state index in [-0.39, 0.29) is 23.5 Å². The molecule has 0 aliphatic heterocycles. The van der Waals surface area contributed by atoms with Crippen LogP contribution in [0.25, 0.3) is 0 Å². The van der Waals surface area contributed by atoms with Gasteiger partial charge >= 0.3 is 6.61 Å². The number of amides is 1. The first-order valence-electron chi connectivity index (χ1n) is 6.57. The van der Waals surface area contributed by atoms with Crippen molar-refractivity contribution in [1.29, 1.82) is 0 Å². The van der Waals surface area contributed by atoms with Gasteiger partial charge < -0.3 is 10.1 Å². The van der Waals surface area contributed by atoms with Crippen LogP contribution in [0.5, 0.6) is 5.75 Å². The van der Waals surface area contributed by atoms with E-state index in [9.17, 15) is 18.0 Å². The molecule has 0 saturated carbocycles. The van der Waals surface area contributed by atoms with Crippen LogP contribution in [-0.2, 0) is 0 Å². The van der Waals surface area contributed by atoms with Crippen molar-refractivity contribution in [2.75, 3.05) is 0 Å². The first-order chi connectivity index (χ1) is 10.5. The first-order valence-corrected chi connectivity index (χ1v) is 6.57. The number of rotatable bonds is 5. The third kappa shape index (κ3) is 4.25. The number of alkyl halides is 2. The minimum atomic E-state index is -2.90. The molecule has 2 aromatic rings. The summed E-state index contributed by atoms with van der Waals surface area (Å²) in [5.41, 5.74) is 1.07. The summed E-state index contributed by atoms with van der Waals surface area (Å²) in [4.78, 5) is 12.1. The lowest BCUT2D eigenvalue weighted by atomic mass is 10.1. The molecule has 0 aliphatic carbocycles. The van der Waals surface area contributed by atoms with E-state index in [1.807, 2.05) is 0 Å². The summed E-state index contributed by atoms with van der Waals surface area (Å²) in [5, 5.41) is 2.74. The monoisotopic (exact) mass is 309 g/mol. The van der Waals surface area contributed by atoms with Crippen LogP contribution in [0.15, 0.2) is 48.5 Å². The summed E-state index contributed by atoms with van der Waals surface area (Å²) in [7, 11) is 0. The average molecular weight is 309 g/mol. The number of carbonyl (C=O) groups is 1. The largest absolute Gasteiger partial charge is 0.435 e. The first kappa shape index (κ1) is 15.9. The van der Waals surface area contributed by atoms with Gasteiger partial charge in [-0.3, -0.25) is 4.79 Å². The maximum absolute atomic E-state index is 12.9. The molecule has 2 rings (SSSR count). The number of halogens is 3.